The molecule has 0 aliphatic heterocycles. The number of fused-ring (bicyclic) bond motifs is 1. The minimum Gasteiger partial charge on any atom is -0.398 e. The first-order valence-electron chi connectivity index (χ1n) is 8.09. The molecule has 0 unspecified atom stereocenters. The van der Waals surface area contributed by atoms with Crippen LogP contribution < -0.4 is 11.3 Å². The van der Waals surface area contributed by atoms with Crippen LogP contribution in [-0.4, -0.2) is 9.55 Å². The molecule has 0 fully saturated rings. The van der Waals surface area contributed by atoms with Crippen molar-refractivity contribution >= 4 is 16.6 Å². The molecule has 0 amide bonds. The molecule has 0 spiro atoms. The Labute approximate surface area is 145 Å². The summed E-state index contributed by atoms with van der Waals surface area (Å²) in [6.07, 6.45) is 0. The van der Waals surface area contributed by atoms with Gasteiger partial charge in [-0.3, -0.25) is 9.36 Å². The van der Waals surface area contributed by atoms with E-state index in [0.29, 0.717) is 22.4 Å². The van der Waals surface area contributed by atoms with Crippen molar-refractivity contribution in [3.63, 3.8) is 0 Å². The second kappa shape index (κ2) is 5.91. The molecule has 4 aromatic rings. The van der Waals surface area contributed by atoms with Crippen molar-refractivity contribution in [2.45, 2.75) is 6.92 Å². The molecule has 25 heavy (non-hydrogen) atoms. The second-order valence-corrected chi connectivity index (χ2v) is 6.02. The normalized spacial score (nSPS) is 10.9. The molecule has 1 heterocycles. The Morgan fingerprint density at radius 2 is 1.64 bits per heavy atom. The largest absolute Gasteiger partial charge is 0.398 e. The number of hydrogen-bond acceptors (Lipinski definition) is 3. The molecule has 4 nitrogen and oxygen atoms in total. The molecule has 4 rings (SSSR count). The fraction of sp³-hybridized carbons (Fsp3) is 0.0476. The van der Waals surface area contributed by atoms with Crippen LogP contribution in [0.3, 0.4) is 0 Å². The lowest BCUT2D eigenvalue weighted by Gasteiger charge is -2.15. The summed E-state index contributed by atoms with van der Waals surface area (Å²) in [6, 6.07) is 22.7. The van der Waals surface area contributed by atoms with E-state index in [4.69, 9.17) is 10.7 Å². The van der Waals surface area contributed by atoms with Crippen LogP contribution in [0.4, 0.5) is 5.69 Å². The van der Waals surface area contributed by atoms with Gasteiger partial charge in [-0.1, -0.05) is 36.4 Å². The smallest absolute Gasteiger partial charge is 0.266 e. The van der Waals surface area contributed by atoms with Crippen LogP contribution in [0, 0.1) is 6.92 Å². The Morgan fingerprint density at radius 1 is 0.920 bits per heavy atom. The van der Waals surface area contributed by atoms with Crippen LogP contribution >= 0.6 is 0 Å². The van der Waals surface area contributed by atoms with Gasteiger partial charge < -0.3 is 5.73 Å². The molecule has 0 saturated heterocycles. The van der Waals surface area contributed by atoms with E-state index in [1.807, 2.05) is 73.7 Å². The third kappa shape index (κ3) is 2.58. The summed E-state index contributed by atoms with van der Waals surface area (Å²) in [6.45, 7) is 1.98. The Balaban J connectivity index is 2.14. The maximum atomic E-state index is 13.2. The second-order valence-electron chi connectivity index (χ2n) is 6.02. The summed E-state index contributed by atoms with van der Waals surface area (Å²) >= 11 is 0. The lowest BCUT2D eigenvalue weighted by molar-refractivity contribution is 0.976. The first-order chi connectivity index (χ1) is 12.1. The molecule has 0 atom stereocenters. The van der Waals surface area contributed by atoms with Crippen molar-refractivity contribution in [2.75, 3.05) is 5.73 Å². The van der Waals surface area contributed by atoms with Gasteiger partial charge in [-0.15, -0.1) is 0 Å². The van der Waals surface area contributed by atoms with Crippen molar-refractivity contribution < 1.29 is 0 Å². The minimum atomic E-state index is -0.105. The fourth-order valence-corrected chi connectivity index (χ4v) is 3.02. The van der Waals surface area contributed by atoms with Crippen LogP contribution in [0.15, 0.2) is 77.6 Å². The molecule has 2 N–H and O–H groups in total. The van der Waals surface area contributed by atoms with Gasteiger partial charge in [0, 0.05) is 11.3 Å². The molecular formula is C21H17N3O. The summed E-state index contributed by atoms with van der Waals surface area (Å²) < 4.78 is 1.63. The SMILES string of the molecule is Cc1ccc(-c2nc3ccccc3c(=O)n2-c2ccccc2)c(N)c1. The highest BCUT2D eigenvalue weighted by Gasteiger charge is 2.16. The summed E-state index contributed by atoms with van der Waals surface area (Å²) in [5.74, 6) is 0.549. The molecule has 3 aromatic carbocycles. The number of benzene rings is 3. The van der Waals surface area contributed by atoms with Gasteiger partial charge >= 0.3 is 0 Å². The number of nitrogen functional groups attached to an aromatic ring is 1. The zero-order valence-electron chi connectivity index (χ0n) is 13.8. The van der Waals surface area contributed by atoms with Gasteiger partial charge in [0.1, 0.15) is 5.82 Å². The first kappa shape index (κ1) is 15.1. The zero-order chi connectivity index (χ0) is 17.4. The van der Waals surface area contributed by atoms with Crippen LogP contribution in [-0.2, 0) is 0 Å². The van der Waals surface area contributed by atoms with Gasteiger partial charge in [-0.25, -0.2) is 4.98 Å². The maximum absolute atomic E-state index is 13.2. The molecule has 0 aliphatic rings. The fourth-order valence-electron chi connectivity index (χ4n) is 3.02. The average Bonchev–Trinajstić information content (AvgIpc) is 2.62. The summed E-state index contributed by atoms with van der Waals surface area (Å²) in [5, 5.41) is 0.584. The first-order valence-corrected chi connectivity index (χ1v) is 8.09. The Hall–Kier alpha value is -3.40. The number of nitrogens with two attached hydrogens (primary N) is 1. The van der Waals surface area contributed by atoms with Gasteiger partial charge in [-0.2, -0.15) is 0 Å². The van der Waals surface area contributed by atoms with Gasteiger partial charge in [0.15, 0.2) is 0 Å². The summed E-state index contributed by atoms with van der Waals surface area (Å²) in [5.41, 5.74) is 9.98. The number of aromatic nitrogens is 2. The van der Waals surface area contributed by atoms with Crippen LogP contribution in [0.1, 0.15) is 5.56 Å². The van der Waals surface area contributed by atoms with Crippen molar-refractivity contribution in [1.82, 2.24) is 9.55 Å². The number of hydrogen-bond donors (Lipinski definition) is 1. The highest BCUT2D eigenvalue weighted by atomic mass is 16.1. The van der Waals surface area contributed by atoms with E-state index >= 15 is 0 Å². The summed E-state index contributed by atoms with van der Waals surface area (Å²) in [7, 11) is 0. The monoisotopic (exact) mass is 327 g/mol. The van der Waals surface area contributed by atoms with Gasteiger partial charge in [0.2, 0.25) is 0 Å². The third-order valence-electron chi connectivity index (χ3n) is 4.24. The molecule has 0 saturated carbocycles. The Morgan fingerprint density at radius 3 is 2.40 bits per heavy atom. The topological polar surface area (TPSA) is 60.9 Å². The Kier molecular flexibility index (Phi) is 3.58. The van der Waals surface area contributed by atoms with Crippen LogP contribution in [0.2, 0.25) is 0 Å². The number of nitrogens with zero attached hydrogens (tertiary/aromatic N) is 2. The number of aryl methyl sites for hydroxylation is 1. The van der Waals surface area contributed by atoms with E-state index in [1.54, 1.807) is 10.6 Å². The third-order valence-corrected chi connectivity index (χ3v) is 4.24. The van der Waals surface area contributed by atoms with E-state index in [0.717, 1.165) is 16.8 Å². The van der Waals surface area contributed by atoms with Gasteiger partial charge in [0.05, 0.1) is 16.6 Å². The molecule has 0 aliphatic carbocycles. The van der Waals surface area contributed by atoms with E-state index < -0.39 is 0 Å². The number of para-hydroxylation sites is 2. The predicted molar refractivity (Wildman–Crippen MR) is 102 cm³/mol. The van der Waals surface area contributed by atoms with Crippen molar-refractivity contribution in [1.29, 1.82) is 0 Å². The molecule has 4 heteroatoms. The highest BCUT2D eigenvalue weighted by Crippen LogP contribution is 2.27. The highest BCUT2D eigenvalue weighted by molar-refractivity contribution is 5.82. The lowest BCUT2D eigenvalue weighted by Crippen LogP contribution is -2.22. The van der Waals surface area contributed by atoms with E-state index in [-0.39, 0.29) is 5.56 Å². The molecule has 0 bridgehead atoms. The Bertz CT molecular complexity index is 1130. The predicted octanol–water partition coefficient (Wildman–Crippen LogP) is 3.94. The standard InChI is InChI=1S/C21H17N3O/c1-14-11-12-16(18(22)13-14)20-23-19-10-6-5-9-17(19)21(25)24(20)15-7-3-2-4-8-15/h2-13H,22H2,1H3. The van der Waals surface area contributed by atoms with E-state index in [1.165, 1.54) is 0 Å². The van der Waals surface area contributed by atoms with E-state index in [2.05, 4.69) is 0 Å². The maximum Gasteiger partial charge on any atom is 0.266 e. The summed E-state index contributed by atoms with van der Waals surface area (Å²) in [4.78, 5) is 17.9. The van der Waals surface area contributed by atoms with Crippen molar-refractivity contribution in [3.8, 4) is 17.1 Å². The lowest BCUT2D eigenvalue weighted by atomic mass is 10.1. The number of anilines is 1. The van der Waals surface area contributed by atoms with Crippen molar-refractivity contribution in [2.24, 2.45) is 0 Å². The average molecular weight is 327 g/mol. The van der Waals surface area contributed by atoms with Crippen molar-refractivity contribution in [3.05, 3.63) is 88.7 Å². The molecule has 122 valence electrons. The van der Waals surface area contributed by atoms with Crippen LogP contribution in [0.25, 0.3) is 28.0 Å². The molecule has 1 aromatic heterocycles. The van der Waals surface area contributed by atoms with Gasteiger partial charge in [0.25, 0.3) is 5.56 Å². The number of rotatable bonds is 2. The van der Waals surface area contributed by atoms with Gasteiger partial charge in [-0.05, 0) is 48.9 Å². The molecule has 0 radical (unpaired) electrons. The van der Waals surface area contributed by atoms with E-state index in [9.17, 15) is 4.79 Å². The molecular weight excluding hydrogens is 310 g/mol. The quantitative estimate of drug-likeness (QED) is 0.567. The zero-order valence-corrected chi connectivity index (χ0v) is 13.8. The minimum absolute atomic E-state index is 0.105. The van der Waals surface area contributed by atoms with Crippen LogP contribution in [0.5, 0.6) is 0 Å².